The molecular weight excluding hydrogens is 369 g/mol. The second-order valence-corrected chi connectivity index (χ2v) is 8.66. The van der Waals surface area contributed by atoms with Crippen LogP contribution in [-0.2, 0) is 26.2 Å². The summed E-state index contributed by atoms with van der Waals surface area (Å²) in [6.45, 7) is 2.69. The average molecular weight is 391 g/mol. The highest BCUT2D eigenvalue weighted by Gasteiger charge is 2.32. The molecule has 0 aromatic heterocycles. The van der Waals surface area contributed by atoms with Gasteiger partial charge in [0.1, 0.15) is 12.4 Å². The molecule has 144 valence electrons. The molecule has 0 spiro atoms. The van der Waals surface area contributed by atoms with Crippen LogP contribution in [0.3, 0.4) is 0 Å². The maximum atomic E-state index is 13.0. The van der Waals surface area contributed by atoms with Gasteiger partial charge in [0, 0.05) is 13.1 Å². The lowest BCUT2D eigenvalue weighted by Crippen LogP contribution is -2.40. The summed E-state index contributed by atoms with van der Waals surface area (Å²) < 4.78 is 44.9. The molecule has 5 nitrogen and oxygen atoms in total. The summed E-state index contributed by atoms with van der Waals surface area (Å²) >= 11 is 0. The van der Waals surface area contributed by atoms with Gasteiger partial charge in [-0.1, -0.05) is 29.8 Å². The van der Waals surface area contributed by atoms with E-state index >= 15 is 0 Å². The molecule has 0 bridgehead atoms. The Hall–Kier alpha value is -2.25. The summed E-state index contributed by atoms with van der Waals surface area (Å²) in [6, 6.07) is 12.5. The van der Waals surface area contributed by atoms with Crippen LogP contribution in [0.2, 0.25) is 0 Å². The van der Waals surface area contributed by atoms with Gasteiger partial charge in [0.25, 0.3) is 0 Å². The molecule has 0 unspecified atom stereocenters. The largest absolute Gasteiger partial charge is 0.461 e. The van der Waals surface area contributed by atoms with Crippen molar-refractivity contribution in [1.82, 2.24) is 4.31 Å². The molecule has 1 aliphatic heterocycles. The Morgan fingerprint density at radius 1 is 1.07 bits per heavy atom. The lowest BCUT2D eigenvalue weighted by molar-refractivity contribution is -0.151. The molecule has 0 aliphatic carbocycles. The first-order valence-corrected chi connectivity index (χ1v) is 10.3. The fraction of sp³-hybridized carbons (Fsp3) is 0.350. The molecule has 1 fully saturated rings. The van der Waals surface area contributed by atoms with Crippen molar-refractivity contribution in [2.45, 2.75) is 31.3 Å². The van der Waals surface area contributed by atoms with Crippen LogP contribution in [0.4, 0.5) is 4.39 Å². The Labute approximate surface area is 158 Å². The molecule has 0 radical (unpaired) electrons. The zero-order valence-corrected chi connectivity index (χ0v) is 15.9. The summed E-state index contributed by atoms with van der Waals surface area (Å²) in [5, 5.41) is 0. The number of piperidine rings is 1. The highest BCUT2D eigenvalue weighted by atomic mass is 32.2. The average Bonchev–Trinajstić information content (AvgIpc) is 2.68. The number of aryl methyl sites for hydroxylation is 1. The molecule has 27 heavy (non-hydrogen) atoms. The van der Waals surface area contributed by atoms with Gasteiger partial charge in [0.15, 0.2) is 0 Å². The van der Waals surface area contributed by atoms with E-state index in [4.69, 9.17) is 4.74 Å². The summed E-state index contributed by atoms with van der Waals surface area (Å²) in [5.41, 5.74) is 2.06. The van der Waals surface area contributed by atoms with E-state index in [1.807, 2.05) is 31.2 Å². The SMILES string of the molecule is Cc1ccc(COC(=O)C2CCN(S(=O)(=O)c3ccc(F)cc3)CC2)cc1. The number of hydrogen-bond donors (Lipinski definition) is 0. The van der Waals surface area contributed by atoms with E-state index in [0.717, 1.165) is 23.3 Å². The van der Waals surface area contributed by atoms with Crippen molar-refractivity contribution in [2.75, 3.05) is 13.1 Å². The van der Waals surface area contributed by atoms with E-state index in [1.165, 1.54) is 16.4 Å². The molecule has 0 amide bonds. The minimum Gasteiger partial charge on any atom is -0.461 e. The van der Waals surface area contributed by atoms with Gasteiger partial charge in [-0.15, -0.1) is 0 Å². The Morgan fingerprint density at radius 3 is 2.26 bits per heavy atom. The van der Waals surface area contributed by atoms with Crippen LogP contribution in [0.15, 0.2) is 53.4 Å². The summed E-state index contributed by atoms with van der Waals surface area (Å²) in [5.74, 6) is -1.09. The third-order valence-corrected chi connectivity index (χ3v) is 6.65. The third kappa shape index (κ3) is 4.73. The van der Waals surface area contributed by atoms with Gasteiger partial charge in [-0.3, -0.25) is 4.79 Å². The van der Waals surface area contributed by atoms with Gasteiger partial charge >= 0.3 is 5.97 Å². The zero-order valence-electron chi connectivity index (χ0n) is 15.1. The Bertz CT molecular complexity index is 887. The lowest BCUT2D eigenvalue weighted by Gasteiger charge is -2.30. The third-order valence-electron chi connectivity index (χ3n) is 4.74. The van der Waals surface area contributed by atoms with Gasteiger partial charge in [0.2, 0.25) is 10.0 Å². The molecule has 1 aliphatic rings. The molecule has 0 N–H and O–H groups in total. The van der Waals surface area contributed by atoms with Crippen LogP contribution in [0, 0.1) is 18.7 Å². The van der Waals surface area contributed by atoms with Crippen LogP contribution in [-0.4, -0.2) is 31.8 Å². The van der Waals surface area contributed by atoms with Gasteiger partial charge in [0.05, 0.1) is 10.8 Å². The maximum Gasteiger partial charge on any atom is 0.309 e. The number of rotatable bonds is 5. The number of carbonyl (C=O) groups excluding carboxylic acids is 1. The van der Waals surface area contributed by atoms with E-state index in [0.29, 0.717) is 12.8 Å². The van der Waals surface area contributed by atoms with Gasteiger partial charge in [-0.05, 0) is 49.6 Å². The monoisotopic (exact) mass is 391 g/mol. The number of sulfonamides is 1. The van der Waals surface area contributed by atoms with E-state index < -0.39 is 15.8 Å². The van der Waals surface area contributed by atoms with Crippen molar-refractivity contribution in [3.05, 3.63) is 65.5 Å². The molecule has 0 atom stereocenters. The van der Waals surface area contributed by atoms with Crippen LogP contribution in [0.25, 0.3) is 0 Å². The van der Waals surface area contributed by atoms with E-state index in [2.05, 4.69) is 0 Å². The Morgan fingerprint density at radius 2 is 1.67 bits per heavy atom. The molecule has 0 saturated carbocycles. The summed E-state index contributed by atoms with van der Waals surface area (Å²) in [7, 11) is -3.67. The second-order valence-electron chi connectivity index (χ2n) is 6.73. The number of benzene rings is 2. The highest BCUT2D eigenvalue weighted by Crippen LogP contribution is 2.25. The molecular formula is C20H22FNO4S. The van der Waals surface area contributed by atoms with Crippen LogP contribution in [0.5, 0.6) is 0 Å². The highest BCUT2D eigenvalue weighted by molar-refractivity contribution is 7.89. The number of hydrogen-bond acceptors (Lipinski definition) is 4. The van der Waals surface area contributed by atoms with E-state index in [-0.39, 0.29) is 36.5 Å². The first-order valence-electron chi connectivity index (χ1n) is 8.84. The Balaban J connectivity index is 1.54. The summed E-state index contributed by atoms with van der Waals surface area (Å²) in [4.78, 5) is 12.3. The number of halogens is 1. The molecule has 1 saturated heterocycles. The fourth-order valence-corrected chi connectivity index (χ4v) is 4.51. The topological polar surface area (TPSA) is 63.7 Å². The number of carbonyl (C=O) groups is 1. The number of ether oxygens (including phenoxy) is 1. The standard InChI is InChI=1S/C20H22FNO4S/c1-15-2-4-16(5-3-15)14-26-20(23)17-10-12-22(13-11-17)27(24,25)19-8-6-18(21)7-9-19/h2-9,17H,10-14H2,1H3. The fourth-order valence-electron chi connectivity index (χ4n) is 3.04. The van der Waals surface area contributed by atoms with Crippen molar-refractivity contribution in [1.29, 1.82) is 0 Å². The normalized spacial score (nSPS) is 16.2. The molecule has 2 aromatic rings. The van der Waals surface area contributed by atoms with Gasteiger partial charge in [-0.2, -0.15) is 4.31 Å². The van der Waals surface area contributed by atoms with Crippen molar-refractivity contribution in [3.8, 4) is 0 Å². The van der Waals surface area contributed by atoms with Crippen LogP contribution < -0.4 is 0 Å². The number of esters is 1. The van der Waals surface area contributed by atoms with Crippen molar-refractivity contribution in [2.24, 2.45) is 5.92 Å². The first kappa shape index (κ1) is 19.5. The predicted octanol–water partition coefficient (Wildman–Crippen LogP) is 3.28. The van der Waals surface area contributed by atoms with E-state index in [9.17, 15) is 17.6 Å². The minimum absolute atomic E-state index is 0.0595. The molecule has 2 aromatic carbocycles. The van der Waals surface area contributed by atoms with Gasteiger partial charge < -0.3 is 4.74 Å². The number of nitrogens with zero attached hydrogens (tertiary/aromatic N) is 1. The van der Waals surface area contributed by atoms with Crippen LogP contribution in [0.1, 0.15) is 24.0 Å². The lowest BCUT2D eigenvalue weighted by atomic mass is 9.98. The Kier molecular flexibility index (Phi) is 5.92. The second kappa shape index (κ2) is 8.19. The quantitative estimate of drug-likeness (QED) is 0.734. The van der Waals surface area contributed by atoms with Crippen molar-refractivity contribution >= 4 is 16.0 Å². The summed E-state index contributed by atoms with van der Waals surface area (Å²) in [6.07, 6.45) is 0.820. The predicted molar refractivity (Wildman–Crippen MR) is 98.9 cm³/mol. The van der Waals surface area contributed by atoms with Crippen LogP contribution >= 0.6 is 0 Å². The molecule has 1 heterocycles. The van der Waals surface area contributed by atoms with Crippen molar-refractivity contribution in [3.63, 3.8) is 0 Å². The molecule has 7 heteroatoms. The van der Waals surface area contributed by atoms with E-state index in [1.54, 1.807) is 0 Å². The first-order chi connectivity index (χ1) is 12.9. The molecule has 3 rings (SSSR count). The van der Waals surface area contributed by atoms with Gasteiger partial charge in [-0.25, -0.2) is 12.8 Å². The van der Waals surface area contributed by atoms with Crippen molar-refractivity contribution < 1.29 is 22.3 Å². The minimum atomic E-state index is -3.67. The zero-order chi connectivity index (χ0) is 19.4. The smallest absolute Gasteiger partial charge is 0.309 e. The maximum absolute atomic E-state index is 13.0.